The summed E-state index contributed by atoms with van der Waals surface area (Å²) in [6.07, 6.45) is 4.46. The first-order valence-corrected chi connectivity index (χ1v) is 9.55. The number of amides is 1. The highest BCUT2D eigenvalue weighted by Crippen LogP contribution is 2.31. The van der Waals surface area contributed by atoms with E-state index in [9.17, 15) is 9.18 Å². The van der Waals surface area contributed by atoms with Gasteiger partial charge in [-0.2, -0.15) is 0 Å². The second kappa shape index (κ2) is 8.65. The fourth-order valence-corrected chi connectivity index (χ4v) is 2.82. The van der Waals surface area contributed by atoms with Crippen LogP contribution >= 0.6 is 39.1 Å². The van der Waals surface area contributed by atoms with Crippen molar-refractivity contribution in [1.29, 1.82) is 0 Å². The highest BCUT2D eigenvalue weighted by Gasteiger charge is 2.11. The minimum Gasteiger partial charge on any atom is -0.337 e. The zero-order valence-electron chi connectivity index (χ0n) is 13.6. The van der Waals surface area contributed by atoms with Gasteiger partial charge in [0.25, 0.3) is 0 Å². The second-order valence-electron chi connectivity index (χ2n) is 5.37. The summed E-state index contributed by atoms with van der Waals surface area (Å²) < 4.78 is 14.2. The van der Waals surface area contributed by atoms with Crippen LogP contribution in [0.3, 0.4) is 0 Å². The number of aromatic nitrogens is 2. The van der Waals surface area contributed by atoms with E-state index in [4.69, 9.17) is 23.2 Å². The van der Waals surface area contributed by atoms with Crippen LogP contribution in [0.1, 0.15) is 0 Å². The standard InChI is InChI=1S/C18H12BrCl2FN4O/c19-5-1-2-17(27)25-10-3-4-15-11(6-10)18(24-9-23-15)26-16-8-13(21)12(20)7-14(16)22/h1-4,6-9H,5H2,(H,25,27)(H,23,24,26). The van der Waals surface area contributed by atoms with Gasteiger partial charge in [0.2, 0.25) is 5.91 Å². The van der Waals surface area contributed by atoms with Crippen molar-refractivity contribution >= 4 is 73.1 Å². The summed E-state index contributed by atoms with van der Waals surface area (Å²) >= 11 is 15.0. The zero-order valence-corrected chi connectivity index (χ0v) is 16.7. The average Bonchev–Trinajstić information content (AvgIpc) is 2.65. The molecule has 0 spiro atoms. The van der Waals surface area contributed by atoms with Crippen LogP contribution in [0.2, 0.25) is 10.0 Å². The minimum atomic E-state index is -0.569. The van der Waals surface area contributed by atoms with Crippen molar-refractivity contribution in [2.45, 2.75) is 0 Å². The number of nitrogens with zero attached hydrogens (tertiary/aromatic N) is 2. The Morgan fingerprint density at radius 3 is 2.74 bits per heavy atom. The monoisotopic (exact) mass is 468 g/mol. The predicted octanol–water partition coefficient (Wildman–Crippen LogP) is 5.71. The highest BCUT2D eigenvalue weighted by molar-refractivity contribution is 9.09. The number of anilines is 3. The lowest BCUT2D eigenvalue weighted by atomic mass is 10.2. The van der Waals surface area contributed by atoms with Gasteiger partial charge >= 0.3 is 0 Å². The molecule has 0 fully saturated rings. The summed E-state index contributed by atoms with van der Waals surface area (Å²) in [7, 11) is 0. The van der Waals surface area contributed by atoms with Gasteiger partial charge in [0.15, 0.2) is 0 Å². The predicted molar refractivity (Wildman–Crippen MR) is 111 cm³/mol. The molecule has 0 radical (unpaired) electrons. The van der Waals surface area contributed by atoms with Crippen LogP contribution < -0.4 is 10.6 Å². The van der Waals surface area contributed by atoms with E-state index in [0.29, 0.717) is 27.7 Å². The Labute approximate surface area is 172 Å². The maximum Gasteiger partial charge on any atom is 0.248 e. The fraction of sp³-hybridized carbons (Fsp3) is 0.0556. The summed E-state index contributed by atoms with van der Waals surface area (Å²) in [5, 5.41) is 7.15. The lowest BCUT2D eigenvalue weighted by Crippen LogP contribution is -2.08. The van der Waals surface area contributed by atoms with Crippen molar-refractivity contribution in [2.75, 3.05) is 16.0 Å². The third-order valence-electron chi connectivity index (χ3n) is 3.52. The molecule has 1 amide bonds. The molecule has 1 aromatic heterocycles. The second-order valence-corrected chi connectivity index (χ2v) is 6.83. The molecule has 3 rings (SSSR count). The van der Waals surface area contributed by atoms with Crippen LogP contribution in [0.5, 0.6) is 0 Å². The number of rotatable bonds is 5. The number of halogens is 4. The van der Waals surface area contributed by atoms with Crippen molar-refractivity contribution < 1.29 is 9.18 Å². The third-order valence-corrected chi connectivity index (χ3v) is 4.62. The molecule has 0 aliphatic heterocycles. The largest absolute Gasteiger partial charge is 0.337 e. The van der Waals surface area contributed by atoms with E-state index in [2.05, 4.69) is 36.5 Å². The minimum absolute atomic E-state index is 0.119. The number of allylic oxidation sites excluding steroid dienone is 1. The van der Waals surface area contributed by atoms with E-state index in [1.807, 2.05) is 0 Å². The van der Waals surface area contributed by atoms with Crippen LogP contribution in [0.4, 0.5) is 21.6 Å². The smallest absolute Gasteiger partial charge is 0.248 e. The number of benzene rings is 2. The summed E-state index contributed by atoms with van der Waals surface area (Å²) in [4.78, 5) is 20.2. The number of hydrogen-bond acceptors (Lipinski definition) is 4. The van der Waals surface area contributed by atoms with Gasteiger partial charge in [-0.3, -0.25) is 4.79 Å². The molecule has 5 nitrogen and oxygen atoms in total. The van der Waals surface area contributed by atoms with Gasteiger partial charge in [0.05, 0.1) is 21.2 Å². The van der Waals surface area contributed by atoms with Crippen LogP contribution in [-0.2, 0) is 4.79 Å². The Hall–Kier alpha value is -2.22. The molecule has 138 valence electrons. The molecule has 0 bridgehead atoms. The number of carbonyl (C=O) groups is 1. The lowest BCUT2D eigenvalue weighted by molar-refractivity contribution is -0.111. The summed E-state index contributed by atoms with van der Waals surface area (Å²) in [5.41, 5.74) is 1.31. The molecule has 2 N–H and O–H groups in total. The topological polar surface area (TPSA) is 66.9 Å². The maximum absolute atomic E-state index is 14.2. The van der Waals surface area contributed by atoms with E-state index in [1.54, 1.807) is 24.3 Å². The Balaban J connectivity index is 1.96. The molecule has 0 aliphatic rings. The molecule has 9 heteroatoms. The lowest BCUT2D eigenvalue weighted by Gasteiger charge is -2.11. The molecule has 0 atom stereocenters. The Morgan fingerprint density at radius 2 is 1.96 bits per heavy atom. The molecule has 0 aliphatic carbocycles. The van der Waals surface area contributed by atoms with Crippen LogP contribution in [0, 0.1) is 5.82 Å². The van der Waals surface area contributed by atoms with E-state index in [0.717, 1.165) is 6.07 Å². The van der Waals surface area contributed by atoms with Gasteiger partial charge in [0, 0.05) is 22.5 Å². The molecular weight excluding hydrogens is 458 g/mol. The van der Waals surface area contributed by atoms with Gasteiger partial charge in [-0.15, -0.1) is 0 Å². The number of hydrogen-bond donors (Lipinski definition) is 2. The zero-order chi connectivity index (χ0) is 19.4. The first kappa shape index (κ1) is 19.5. The SMILES string of the molecule is O=C(C=CCBr)Nc1ccc2ncnc(Nc3cc(Cl)c(Cl)cc3F)c2c1. The Bertz CT molecular complexity index is 1050. The molecule has 1 heterocycles. The number of nitrogens with one attached hydrogen (secondary N) is 2. The van der Waals surface area contributed by atoms with E-state index < -0.39 is 5.82 Å². The van der Waals surface area contributed by atoms with Gasteiger partial charge in [0.1, 0.15) is 18.0 Å². The van der Waals surface area contributed by atoms with Crippen LogP contribution in [0.15, 0.2) is 48.8 Å². The van der Waals surface area contributed by atoms with E-state index in [-0.39, 0.29) is 21.6 Å². The van der Waals surface area contributed by atoms with Crippen molar-refractivity contribution in [2.24, 2.45) is 0 Å². The first-order chi connectivity index (χ1) is 13.0. The molecule has 0 unspecified atom stereocenters. The number of fused-ring (bicyclic) bond motifs is 1. The van der Waals surface area contributed by atoms with E-state index >= 15 is 0 Å². The Morgan fingerprint density at radius 1 is 1.19 bits per heavy atom. The van der Waals surface area contributed by atoms with Crippen molar-refractivity contribution in [3.05, 3.63) is 64.7 Å². The normalized spacial score (nSPS) is 11.1. The van der Waals surface area contributed by atoms with Crippen LogP contribution in [0.25, 0.3) is 10.9 Å². The van der Waals surface area contributed by atoms with Gasteiger partial charge in [-0.05, 0) is 30.3 Å². The average molecular weight is 470 g/mol. The summed E-state index contributed by atoms with van der Waals surface area (Å²) in [6.45, 7) is 0. The number of alkyl halides is 1. The molecule has 0 saturated heterocycles. The van der Waals surface area contributed by atoms with Gasteiger partial charge in [-0.25, -0.2) is 14.4 Å². The van der Waals surface area contributed by atoms with Gasteiger partial charge < -0.3 is 10.6 Å². The van der Waals surface area contributed by atoms with Crippen molar-refractivity contribution in [3.63, 3.8) is 0 Å². The quantitative estimate of drug-likeness (QED) is 0.285. The summed E-state index contributed by atoms with van der Waals surface area (Å²) in [6, 6.07) is 7.66. The van der Waals surface area contributed by atoms with Gasteiger partial charge in [-0.1, -0.05) is 45.2 Å². The van der Waals surface area contributed by atoms with Crippen molar-refractivity contribution in [3.8, 4) is 0 Å². The number of carbonyl (C=O) groups excluding carboxylic acids is 1. The summed E-state index contributed by atoms with van der Waals surface area (Å²) in [5.74, 6) is -0.472. The van der Waals surface area contributed by atoms with Crippen LogP contribution in [-0.4, -0.2) is 21.2 Å². The first-order valence-electron chi connectivity index (χ1n) is 7.67. The highest BCUT2D eigenvalue weighted by atomic mass is 79.9. The van der Waals surface area contributed by atoms with E-state index in [1.165, 1.54) is 18.5 Å². The fourth-order valence-electron chi connectivity index (χ4n) is 2.32. The Kier molecular flexibility index (Phi) is 6.26. The van der Waals surface area contributed by atoms with Crippen molar-refractivity contribution in [1.82, 2.24) is 9.97 Å². The molecule has 27 heavy (non-hydrogen) atoms. The molecule has 3 aromatic rings. The molecule has 2 aromatic carbocycles. The third kappa shape index (κ3) is 4.74. The maximum atomic E-state index is 14.2. The molecular formula is C18H12BrCl2FN4O. The molecule has 0 saturated carbocycles.